The number of benzene rings is 1. The number of guanidine groups is 1. The molecular weight excluding hydrogens is 513 g/mol. The van der Waals surface area contributed by atoms with Crippen molar-refractivity contribution in [2.75, 3.05) is 13.7 Å². The zero-order chi connectivity index (χ0) is 20.6. The number of thiazole rings is 1. The van der Waals surface area contributed by atoms with E-state index in [-0.39, 0.29) is 36.5 Å². The molecule has 1 heterocycles. The number of amides is 1. The van der Waals surface area contributed by atoms with Crippen LogP contribution >= 0.6 is 35.3 Å². The highest BCUT2D eigenvalue weighted by Crippen LogP contribution is 2.19. The molecule has 0 spiro atoms. The topological polar surface area (TPSA) is 87.6 Å². The van der Waals surface area contributed by atoms with Gasteiger partial charge in [-0.1, -0.05) is 26.0 Å². The van der Waals surface area contributed by atoms with Gasteiger partial charge < -0.3 is 20.7 Å². The molecule has 0 unspecified atom stereocenters. The van der Waals surface area contributed by atoms with Crippen molar-refractivity contribution < 1.29 is 9.53 Å². The van der Waals surface area contributed by atoms with Gasteiger partial charge in [0.2, 0.25) is 0 Å². The number of ether oxygens (including phenoxy) is 1. The van der Waals surface area contributed by atoms with Gasteiger partial charge in [0.15, 0.2) is 12.6 Å². The van der Waals surface area contributed by atoms with Gasteiger partial charge in [0.25, 0.3) is 5.91 Å². The lowest BCUT2D eigenvalue weighted by molar-refractivity contribution is -0.123. The lowest BCUT2D eigenvalue weighted by Crippen LogP contribution is -2.36. The smallest absolute Gasteiger partial charge is 0.258 e. The summed E-state index contributed by atoms with van der Waals surface area (Å²) in [5, 5.41) is 12.6. The van der Waals surface area contributed by atoms with Gasteiger partial charge in [0, 0.05) is 25.0 Å². The standard InChI is InChI=1S/C21H29N5O2S.HI/c1-14(2)18-13-29-20(26-18)11-24-21(22-3)23-10-15-5-4-6-17(9-15)28-12-19(27)25-16-7-8-16;/h4-6,9,13-14,16H,7-8,10-12H2,1-3H3,(H,25,27)(H2,22,23,24);1H. The van der Waals surface area contributed by atoms with Crippen LogP contribution in [0, 0.1) is 0 Å². The van der Waals surface area contributed by atoms with Gasteiger partial charge in [-0.15, -0.1) is 35.3 Å². The van der Waals surface area contributed by atoms with Crippen molar-refractivity contribution in [3.05, 3.63) is 45.9 Å². The molecule has 1 aromatic carbocycles. The van der Waals surface area contributed by atoms with Crippen LogP contribution in [0.5, 0.6) is 5.75 Å². The largest absolute Gasteiger partial charge is 0.484 e. The zero-order valence-electron chi connectivity index (χ0n) is 17.6. The maximum absolute atomic E-state index is 11.8. The van der Waals surface area contributed by atoms with Gasteiger partial charge in [-0.05, 0) is 36.5 Å². The second-order valence-electron chi connectivity index (χ2n) is 7.38. The molecule has 1 fully saturated rings. The number of carbonyl (C=O) groups excluding carboxylic acids is 1. The highest BCUT2D eigenvalue weighted by molar-refractivity contribution is 14.0. The van der Waals surface area contributed by atoms with E-state index in [0.29, 0.717) is 36.8 Å². The van der Waals surface area contributed by atoms with Crippen molar-refractivity contribution in [1.29, 1.82) is 0 Å². The lowest BCUT2D eigenvalue weighted by atomic mass is 10.2. The number of carbonyl (C=O) groups is 1. The Morgan fingerprint density at radius 1 is 1.30 bits per heavy atom. The quantitative estimate of drug-likeness (QED) is 0.257. The highest BCUT2D eigenvalue weighted by Gasteiger charge is 2.23. The van der Waals surface area contributed by atoms with Crippen molar-refractivity contribution >= 4 is 47.2 Å². The van der Waals surface area contributed by atoms with Gasteiger partial charge in [0.1, 0.15) is 10.8 Å². The number of hydrogen-bond acceptors (Lipinski definition) is 5. The second kappa shape index (κ2) is 12.1. The van der Waals surface area contributed by atoms with Crippen molar-refractivity contribution in [3.8, 4) is 5.75 Å². The number of halogens is 1. The van der Waals surface area contributed by atoms with Crippen LogP contribution < -0.4 is 20.7 Å². The lowest BCUT2D eigenvalue weighted by Gasteiger charge is -2.12. The third kappa shape index (κ3) is 8.10. The van der Waals surface area contributed by atoms with E-state index in [1.54, 1.807) is 18.4 Å². The Balaban J connectivity index is 0.00000320. The molecule has 9 heteroatoms. The SMILES string of the molecule is CN=C(NCc1cccc(OCC(=O)NC2CC2)c1)NCc1nc(C(C)C)cs1.I. The summed E-state index contributed by atoms with van der Waals surface area (Å²) in [4.78, 5) is 20.6. The van der Waals surface area contributed by atoms with Crippen molar-refractivity contribution in [2.45, 2.75) is 51.7 Å². The molecule has 0 atom stereocenters. The molecule has 1 aliphatic carbocycles. The van der Waals surface area contributed by atoms with Crippen LogP contribution in [0.3, 0.4) is 0 Å². The van der Waals surface area contributed by atoms with Crippen LogP contribution in [0.25, 0.3) is 0 Å². The second-order valence-corrected chi connectivity index (χ2v) is 8.32. The average Bonchev–Trinajstić information content (AvgIpc) is 3.39. The van der Waals surface area contributed by atoms with Gasteiger partial charge >= 0.3 is 0 Å². The van der Waals surface area contributed by atoms with E-state index in [4.69, 9.17) is 4.74 Å². The van der Waals surface area contributed by atoms with E-state index < -0.39 is 0 Å². The highest BCUT2D eigenvalue weighted by atomic mass is 127. The van der Waals surface area contributed by atoms with E-state index in [1.165, 1.54) is 0 Å². The molecule has 3 N–H and O–H groups in total. The Labute approximate surface area is 199 Å². The molecule has 0 radical (unpaired) electrons. The van der Waals surface area contributed by atoms with Crippen LogP contribution in [-0.2, 0) is 17.9 Å². The summed E-state index contributed by atoms with van der Waals surface area (Å²) >= 11 is 1.66. The summed E-state index contributed by atoms with van der Waals surface area (Å²) in [6, 6.07) is 8.07. The Hall–Kier alpha value is -1.88. The maximum atomic E-state index is 11.8. The van der Waals surface area contributed by atoms with E-state index in [9.17, 15) is 4.79 Å². The monoisotopic (exact) mass is 543 g/mol. The fraction of sp³-hybridized carbons (Fsp3) is 0.476. The summed E-state index contributed by atoms with van der Waals surface area (Å²) in [7, 11) is 1.74. The molecular formula is C21H30IN5O2S. The van der Waals surface area contributed by atoms with Crippen LogP contribution in [0.4, 0.5) is 0 Å². The molecule has 7 nitrogen and oxygen atoms in total. The van der Waals surface area contributed by atoms with Crippen LogP contribution in [0.2, 0.25) is 0 Å². The minimum Gasteiger partial charge on any atom is -0.484 e. The van der Waals surface area contributed by atoms with Gasteiger partial charge in [-0.3, -0.25) is 9.79 Å². The van der Waals surface area contributed by atoms with Gasteiger partial charge in [-0.25, -0.2) is 4.98 Å². The minimum atomic E-state index is -0.0663. The number of nitrogens with one attached hydrogen (secondary N) is 3. The number of rotatable bonds is 9. The normalized spacial score (nSPS) is 13.5. The van der Waals surface area contributed by atoms with Crippen molar-refractivity contribution in [1.82, 2.24) is 20.9 Å². The van der Waals surface area contributed by atoms with Crippen LogP contribution in [0.15, 0.2) is 34.6 Å². The first-order valence-corrected chi connectivity index (χ1v) is 10.8. The first-order chi connectivity index (χ1) is 14.0. The zero-order valence-corrected chi connectivity index (χ0v) is 20.8. The Kier molecular flexibility index (Phi) is 9.83. The van der Waals surface area contributed by atoms with Crippen molar-refractivity contribution in [3.63, 3.8) is 0 Å². The first-order valence-electron chi connectivity index (χ1n) is 9.93. The molecule has 1 aliphatic rings. The van der Waals surface area contributed by atoms with E-state index in [0.717, 1.165) is 29.1 Å². The molecule has 2 aromatic rings. The molecule has 0 bridgehead atoms. The molecule has 1 saturated carbocycles. The number of hydrogen-bond donors (Lipinski definition) is 3. The summed E-state index contributed by atoms with van der Waals surface area (Å²) in [6.45, 7) is 5.56. The molecule has 1 aromatic heterocycles. The number of aromatic nitrogens is 1. The molecule has 0 saturated heterocycles. The average molecular weight is 543 g/mol. The fourth-order valence-electron chi connectivity index (χ4n) is 2.63. The Morgan fingerprint density at radius 3 is 2.73 bits per heavy atom. The molecule has 3 rings (SSSR count). The summed E-state index contributed by atoms with van der Waals surface area (Å²) < 4.78 is 5.60. The third-order valence-electron chi connectivity index (χ3n) is 4.46. The molecule has 164 valence electrons. The summed E-state index contributed by atoms with van der Waals surface area (Å²) in [5.74, 6) is 1.76. The predicted octanol–water partition coefficient (Wildman–Crippen LogP) is 3.41. The molecule has 30 heavy (non-hydrogen) atoms. The molecule has 1 amide bonds. The maximum Gasteiger partial charge on any atom is 0.258 e. The fourth-order valence-corrected chi connectivity index (χ4v) is 3.52. The number of aliphatic imine (C=N–C) groups is 1. The van der Waals surface area contributed by atoms with Crippen LogP contribution in [-0.4, -0.2) is 36.5 Å². The first kappa shape index (κ1) is 24.4. The van der Waals surface area contributed by atoms with E-state index >= 15 is 0 Å². The molecule has 0 aliphatic heterocycles. The Bertz CT molecular complexity index is 851. The van der Waals surface area contributed by atoms with Gasteiger partial charge in [-0.2, -0.15) is 0 Å². The number of nitrogens with zero attached hydrogens (tertiary/aromatic N) is 2. The minimum absolute atomic E-state index is 0. The van der Waals surface area contributed by atoms with Crippen molar-refractivity contribution in [2.24, 2.45) is 4.99 Å². The van der Waals surface area contributed by atoms with Gasteiger partial charge in [0.05, 0.1) is 12.2 Å². The Morgan fingerprint density at radius 2 is 2.07 bits per heavy atom. The summed E-state index contributed by atoms with van der Waals surface area (Å²) in [5.41, 5.74) is 2.17. The predicted molar refractivity (Wildman–Crippen MR) is 132 cm³/mol. The summed E-state index contributed by atoms with van der Waals surface area (Å²) in [6.07, 6.45) is 2.15. The van der Waals surface area contributed by atoms with Crippen LogP contribution in [0.1, 0.15) is 48.9 Å². The third-order valence-corrected chi connectivity index (χ3v) is 5.33. The van der Waals surface area contributed by atoms with E-state index in [2.05, 4.69) is 45.2 Å². The van der Waals surface area contributed by atoms with E-state index in [1.807, 2.05) is 24.3 Å².